The molecule has 0 radical (unpaired) electrons. The topological polar surface area (TPSA) is 73.2 Å². The van der Waals surface area contributed by atoms with E-state index in [9.17, 15) is 14.0 Å². The summed E-state index contributed by atoms with van der Waals surface area (Å²) in [6.07, 6.45) is 3.27. The summed E-state index contributed by atoms with van der Waals surface area (Å²) in [6.45, 7) is 1.01. The minimum atomic E-state index is -0.507. The van der Waals surface area contributed by atoms with Crippen molar-refractivity contribution in [3.05, 3.63) is 40.7 Å². The van der Waals surface area contributed by atoms with Gasteiger partial charge in [-0.3, -0.25) is 14.2 Å². The van der Waals surface area contributed by atoms with Crippen LogP contribution in [0, 0.1) is 5.82 Å². The maximum atomic E-state index is 13.2. The number of aromatic nitrogens is 2. The number of halogens is 1. The zero-order chi connectivity index (χ0) is 15.5. The Morgan fingerprint density at radius 2 is 2.36 bits per heavy atom. The van der Waals surface area contributed by atoms with Crippen LogP contribution in [0.1, 0.15) is 12.8 Å². The Morgan fingerprint density at radius 3 is 3.14 bits per heavy atom. The molecule has 0 bridgehead atoms. The second-order valence-corrected chi connectivity index (χ2v) is 5.28. The molecular weight excluding hydrogens is 289 g/mol. The maximum absolute atomic E-state index is 13.2. The molecule has 1 atom stereocenters. The van der Waals surface area contributed by atoms with Gasteiger partial charge in [0.1, 0.15) is 12.4 Å². The first-order valence-corrected chi connectivity index (χ1v) is 7.16. The van der Waals surface area contributed by atoms with E-state index in [1.807, 2.05) is 0 Å². The van der Waals surface area contributed by atoms with Crippen molar-refractivity contribution < 1.29 is 13.9 Å². The Kier molecular flexibility index (Phi) is 4.15. The van der Waals surface area contributed by atoms with Crippen LogP contribution in [0.3, 0.4) is 0 Å². The van der Waals surface area contributed by atoms with Crippen molar-refractivity contribution in [2.45, 2.75) is 25.5 Å². The highest BCUT2D eigenvalue weighted by Crippen LogP contribution is 2.10. The largest absolute Gasteiger partial charge is 0.376 e. The lowest BCUT2D eigenvalue weighted by atomic mass is 10.2. The molecule has 0 saturated carbocycles. The summed E-state index contributed by atoms with van der Waals surface area (Å²) in [7, 11) is 0. The maximum Gasteiger partial charge on any atom is 0.261 e. The van der Waals surface area contributed by atoms with Crippen molar-refractivity contribution in [3.8, 4) is 0 Å². The quantitative estimate of drug-likeness (QED) is 0.908. The number of amides is 1. The molecule has 1 saturated heterocycles. The molecule has 1 aliphatic heterocycles. The summed E-state index contributed by atoms with van der Waals surface area (Å²) < 4.78 is 19.8. The number of benzene rings is 1. The number of rotatable bonds is 4. The lowest BCUT2D eigenvalue weighted by Gasteiger charge is -2.11. The van der Waals surface area contributed by atoms with Crippen LogP contribution < -0.4 is 10.9 Å². The number of hydrogen-bond acceptors (Lipinski definition) is 4. The first kappa shape index (κ1) is 14.6. The van der Waals surface area contributed by atoms with Crippen LogP contribution in [0.2, 0.25) is 0 Å². The van der Waals surface area contributed by atoms with E-state index in [1.54, 1.807) is 0 Å². The van der Waals surface area contributed by atoms with Crippen molar-refractivity contribution in [2.75, 3.05) is 13.2 Å². The van der Waals surface area contributed by atoms with E-state index in [4.69, 9.17) is 4.74 Å². The minimum absolute atomic E-state index is 0.0458. The molecule has 1 aliphatic rings. The normalized spacial score (nSPS) is 17.8. The van der Waals surface area contributed by atoms with Crippen molar-refractivity contribution in [2.24, 2.45) is 0 Å². The second-order valence-electron chi connectivity index (χ2n) is 5.28. The molecule has 6 nitrogen and oxygen atoms in total. The third kappa shape index (κ3) is 3.14. The van der Waals surface area contributed by atoms with Gasteiger partial charge in [0.05, 0.1) is 23.3 Å². The van der Waals surface area contributed by atoms with Gasteiger partial charge >= 0.3 is 0 Å². The molecule has 22 heavy (non-hydrogen) atoms. The Labute approximate surface area is 125 Å². The van der Waals surface area contributed by atoms with Gasteiger partial charge in [0.2, 0.25) is 5.91 Å². The van der Waals surface area contributed by atoms with E-state index >= 15 is 0 Å². The minimum Gasteiger partial charge on any atom is -0.376 e. The van der Waals surface area contributed by atoms with Crippen LogP contribution in [0.4, 0.5) is 4.39 Å². The molecule has 0 aliphatic carbocycles. The number of hydrogen-bond donors (Lipinski definition) is 1. The lowest BCUT2D eigenvalue weighted by molar-refractivity contribution is -0.122. The first-order valence-electron chi connectivity index (χ1n) is 7.16. The fourth-order valence-corrected chi connectivity index (χ4v) is 2.49. The molecular formula is C15H16FN3O3. The van der Waals surface area contributed by atoms with Gasteiger partial charge in [0.15, 0.2) is 0 Å². The standard InChI is InChI=1S/C15H16FN3O3/c16-10-3-4-13-12(6-10)15(21)19(9-18-13)8-14(20)17-7-11-2-1-5-22-11/h3-4,6,9,11H,1-2,5,7-8H2,(H,17,20)/t11-/m1/s1. The Bertz CT molecular complexity index is 753. The Balaban J connectivity index is 1.71. The van der Waals surface area contributed by atoms with E-state index in [2.05, 4.69) is 10.3 Å². The van der Waals surface area contributed by atoms with Crippen LogP contribution in [-0.2, 0) is 16.1 Å². The van der Waals surface area contributed by atoms with E-state index in [0.717, 1.165) is 25.5 Å². The molecule has 3 rings (SSSR count). The predicted molar refractivity (Wildman–Crippen MR) is 77.9 cm³/mol. The van der Waals surface area contributed by atoms with Crippen LogP contribution in [-0.4, -0.2) is 34.7 Å². The van der Waals surface area contributed by atoms with E-state index in [0.29, 0.717) is 12.1 Å². The Morgan fingerprint density at radius 1 is 1.50 bits per heavy atom. The first-order chi connectivity index (χ1) is 10.6. The van der Waals surface area contributed by atoms with Gasteiger partial charge in [-0.05, 0) is 31.0 Å². The molecule has 1 amide bonds. The number of carbonyl (C=O) groups is 1. The fraction of sp³-hybridized carbons (Fsp3) is 0.400. The third-order valence-corrected chi connectivity index (χ3v) is 3.65. The highest BCUT2D eigenvalue weighted by Gasteiger charge is 2.16. The molecule has 0 unspecified atom stereocenters. The monoisotopic (exact) mass is 305 g/mol. The highest BCUT2D eigenvalue weighted by atomic mass is 19.1. The molecule has 1 aromatic carbocycles. The van der Waals surface area contributed by atoms with Gasteiger partial charge in [-0.25, -0.2) is 9.37 Å². The number of nitrogens with one attached hydrogen (secondary N) is 1. The van der Waals surface area contributed by atoms with Gasteiger partial charge in [-0.2, -0.15) is 0 Å². The lowest BCUT2D eigenvalue weighted by Crippen LogP contribution is -2.36. The number of ether oxygens (including phenoxy) is 1. The predicted octanol–water partition coefficient (Wildman–Crippen LogP) is 0.831. The van der Waals surface area contributed by atoms with Crippen molar-refractivity contribution in [1.29, 1.82) is 0 Å². The molecule has 1 N–H and O–H groups in total. The molecule has 116 valence electrons. The van der Waals surface area contributed by atoms with E-state index < -0.39 is 11.4 Å². The Hall–Kier alpha value is -2.28. The summed E-state index contributed by atoms with van der Waals surface area (Å²) >= 11 is 0. The summed E-state index contributed by atoms with van der Waals surface area (Å²) in [6, 6.07) is 3.81. The van der Waals surface area contributed by atoms with E-state index in [-0.39, 0.29) is 23.9 Å². The van der Waals surface area contributed by atoms with Gasteiger partial charge in [-0.1, -0.05) is 0 Å². The average Bonchev–Trinajstić information content (AvgIpc) is 3.02. The van der Waals surface area contributed by atoms with Crippen LogP contribution >= 0.6 is 0 Å². The number of fused-ring (bicyclic) bond motifs is 1. The zero-order valence-corrected chi connectivity index (χ0v) is 11.9. The fourth-order valence-electron chi connectivity index (χ4n) is 2.49. The van der Waals surface area contributed by atoms with Gasteiger partial charge in [-0.15, -0.1) is 0 Å². The molecule has 2 heterocycles. The second kappa shape index (κ2) is 6.23. The van der Waals surface area contributed by atoms with Crippen molar-refractivity contribution in [3.63, 3.8) is 0 Å². The van der Waals surface area contributed by atoms with Crippen molar-refractivity contribution in [1.82, 2.24) is 14.9 Å². The van der Waals surface area contributed by atoms with Crippen LogP contribution in [0.25, 0.3) is 10.9 Å². The third-order valence-electron chi connectivity index (χ3n) is 3.65. The molecule has 2 aromatic rings. The smallest absolute Gasteiger partial charge is 0.261 e. The molecule has 0 spiro atoms. The molecule has 7 heteroatoms. The SMILES string of the molecule is O=C(Cn1cnc2ccc(F)cc2c1=O)NC[C@H]1CCCO1. The average molecular weight is 305 g/mol. The number of carbonyl (C=O) groups excluding carboxylic acids is 1. The van der Waals surface area contributed by atoms with Crippen LogP contribution in [0.5, 0.6) is 0 Å². The highest BCUT2D eigenvalue weighted by molar-refractivity contribution is 5.79. The number of nitrogens with zero attached hydrogens (tertiary/aromatic N) is 2. The van der Waals surface area contributed by atoms with Crippen LogP contribution in [0.15, 0.2) is 29.3 Å². The van der Waals surface area contributed by atoms with E-state index in [1.165, 1.54) is 23.0 Å². The molecule has 1 aromatic heterocycles. The van der Waals surface area contributed by atoms with Crippen molar-refractivity contribution >= 4 is 16.8 Å². The van der Waals surface area contributed by atoms with Gasteiger partial charge < -0.3 is 10.1 Å². The van der Waals surface area contributed by atoms with Gasteiger partial charge in [0.25, 0.3) is 5.56 Å². The zero-order valence-electron chi connectivity index (χ0n) is 11.9. The summed E-state index contributed by atoms with van der Waals surface area (Å²) in [5.74, 6) is -0.804. The summed E-state index contributed by atoms with van der Waals surface area (Å²) in [5.41, 5.74) is -0.0285. The summed E-state index contributed by atoms with van der Waals surface area (Å²) in [4.78, 5) is 28.2. The van der Waals surface area contributed by atoms with Gasteiger partial charge in [0, 0.05) is 13.2 Å². The summed E-state index contributed by atoms with van der Waals surface area (Å²) in [5, 5.41) is 2.90. The molecule has 1 fully saturated rings.